The van der Waals surface area contributed by atoms with Crippen molar-refractivity contribution in [2.75, 3.05) is 33.0 Å². The van der Waals surface area contributed by atoms with Crippen molar-refractivity contribution in [1.82, 2.24) is 0 Å². The Hall–Kier alpha value is -2.48. The molecule has 0 aliphatic carbocycles. The van der Waals surface area contributed by atoms with Gasteiger partial charge in [0.05, 0.1) is 47.8 Å². The molecule has 0 amide bonds. The summed E-state index contributed by atoms with van der Waals surface area (Å²) >= 11 is 19.7. The summed E-state index contributed by atoms with van der Waals surface area (Å²) < 4.78 is 72.8. The summed E-state index contributed by atoms with van der Waals surface area (Å²) in [4.78, 5) is 0. The normalized spacial score (nSPS) is 25.4. The van der Waals surface area contributed by atoms with Crippen LogP contribution in [-0.4, -0.2) is 84.9 Å². The van der Waals surface area contributed by atoms with Crippen molar-refractivity contribution in [3.63, 3.8) is 0 Å². The molecule has 8 aliphatic heterocycles. The molecule has 70 heavy (non-hydrogen) atoms. The largest absolute Gasteiger partial charge is 0.499 e. The van der Waals surface area contributed by atoms with E-state index in [0.717, 1.165) is 89.2 Å². The van der Waals surface area contributed by atoms with Crippen LogP contribution in [0.1, 0.15) is 128 Å². The van der Waals surface area contributed by atoms with Gasteiger partial charge in [-0.3, -0.25) is 0 Å². The number of hydrogen-bond donors (Lipinski definition) is 1. The van der Waals surface area contributed by atoms with Crippen molar-refractivity contribution in [3.05, 3.63) is 89.8 Å². The lowest BCUT2D eigenvalue weighted by atomic mass is 9.77. The molecule has 0 fully saturated rings. The molecule has 4 aromatic carbocycles. The number of ether oxygens (including phenoxy) is 4. The van der Waals surface area contributed by atoms with Gasteiger partial charge >= 0.3 is 28.5 Å². The highest BCUT2D eigenvalue weighted by Gasteiger charge is 2.49. The van der Waals surface area contributed by atoms with Crippen molar-refractivity contribution < 1.29 is 56.2 Å². The van der Waals surface area contributed by atoms with E-state index in [1.807, 2.05) is 90.1 Å². The van der Waals surface area contributed by atoms with Gasteiger partial charge in [-0.1, -0.05) is 75.8 Å². The van der Waals surface area contributed by atoms with E-state index in [1.54, 1.807) is 0 Å². The number of hydrogen-bond acceptors (Lipinski definition) is 13. The molecular weight excluding hydrogens is 1070 g/mol. The SMILES string of the molecule is CC1(C)COc2ccc(Cl)c3c2B(OC3CN)O1.CCC1OB2OC(C)(C)COc3ccc(Br)c1c32.CCC1OB2OC(C)COc3ccc(Br)c1c32.CCC1OB2OC(C)COc3ccc(Cl)c1c32. The lowest BCUT2D eigenvalue weighted by molar-refractivity contribution is 0.0267. The minimum atomic E-state index is -0.445. The monoisotopic (exact) mass is 1130 g/mol. The average Bonchev–Trinajstić information content (AvgIpc) is 4.01. The fourth-order valence-electron chi connectivity index (χ4n) is 9.80. The Morgan fingerprint density at radius 1 is 0.500 bits per heavy atom. The molecule has 12 rings (SSSR count). The van der Waals surface area contributed by atoms with Crippen molar-refractivity contribution in [2.45, 2.75) is 129 Å². The van der Waals surface area contributed by atoms with Gasteiger partial charge in [0, 0.05) is 58.5 Å². The average molecular weight is 1130 g/mol. The molecular formula is C49H59B4Br2Cl2NO12. The third-order valence-electron chi connectivity index (χ3n) is 13.1. The molecule has 13 nitrogen and oxygen atoms in total. The van der Waals surface area contributed by atoms with E-state index in [9.17, 15) is 0 Å². The van der Waals surface area contributed by atoms with Crippen LogP contribution in [0.4, 0.5) is 0 Å². The minimum Gasteiger partial charge on any atom is -0.491 e. The van der Waals surface area contributed by atoms with E-state index in [-0.39, 0.29) is 63.6 Å². The molecule has 6 atom stereocenters. The smallest absolute Gasteiger partial charge is 0.491 e. The molecule has 6 unspecified atom stereocenters. The Bertz CT molecular complexity index is 2410. The quantitative estimate of drug-likeness (QED) is 0.195. The first-order valence-electron chi connectivity index (χ1n) is 24.2. The second-order valence-corrected chi connectivity index (χ2v) is 22.1. The van der Waals surface area contributed by atoms with Crippen LogP contribution in [0.15, 0.2) is 57.5 Å². The fraction of sp³-hybridized carbons (Fsp3) is 0.510. The van der Waals surface area contributed by atoms with Crippen molar-refractivity contribution in [2.24, 2.45) is 5.73 Å². The molecule has 0 spiro atoms. The Labute approximate surface area is 439 Å². The summed E-state index contributed by atoms with van der Waals surface area (Å²) in [6.45, 7) is 20.8. The van der Waals surface area contributed by atoms with Gasteiger partial charge in [-0.25, -0.2) is 0 Å². The zero-order valence-electron chi connectivity index (χ0n) is 41.0. The highest BCUT2D eigenvalue weighted by molar-refractivity contribution is 9.10. The van der Waals surface area contributed by atoms with E-state index in [0.29, 0.717) is 38.0 Å². The van der Waals surface area contributed by atoms with Crippen LogP contribution in [-0.2, 0) is 37.2 Å². The first-order chi connectivity index (χ1) is 33.4. The Morgan fingerprint density at radius 3 is 1.29 bits per heavy atom. The molecule has 2 N–H and O–H groups in total. The standard InChI is InChI=1S/C13H16BBrO3.C12H14BBrO3.C12H15BClNO3.C12H14BClO3/c1-4-9-11-8(15)5-6-10-12(11)14(17-9)18-13(2,3)7-16-10;1-3-9-11-8(14)4-5-10-12(11)13(17-9)16-7(2)6-15-10;1-12(2)6-16-8-4-3-7(14)10-9(5-15)17-13(18-12)11(8)10;1-3-9-11-8(14)4-5-10-12(11)13(17-9)16-7(2)6-15-10/h5-6,9H,4,7H2,1-3H3;4-5,7,9H,3,6H2,1-2H3;3-4,9H,5-6,15H2,1-2H3;4-5,7,9H,3,6H2,1-2H3. The van der Waals surface area contributed by atoms with Gasteiger partial charge in [0.15, 0.2) is 0 Å². The molecule has 21 heteroatoms. The van der Waals surface area contributed by atoms with Gasteiger partial charge in [0.2, 0.25) is 0 Å². The summed E-state index contributed by atoms with van der Waals surface area (Å²) in [7, 11) is -1.37. The maximum Gasteiger partial charge on any atom is 0.499 e. The Balaban J connectivity index is 0.000000116. The summed E-state index contributed by atoms with van der Waals surface area (Å²) in [5.41, 5.74) is 13.3. The highest BCUT2D eigenvalue weighted by Crippen LogP contribution is 2.42. The van der Waals surface area contributed by atoms with E-state index in [1.165, 1.54) is 11.1 Å². The highest BCUT2D eigenvalue weighted by atomic mass is 79.9. The van der Waals surface area contributed by atoms with Crippen LogP contribution < -0.4 is 46.5 Å². The second-order valence-electron chi connectivity index (χ2n) is 19.6. The van der Waals surface area contributed by atoms with Crippen LogP contribution >= 0.6 is 55.1 Å². The predicted molar refractivity (Wildman–Crippen MR) is 281 cm³/mol. The molecule has 372 valence electrons. The zero-order valence-corrected chi connectivity index (χ0v) is 45.7. The summed E-state index contributed by atoms with van der Waals surface area (Å²) in [6, 6.07) is 15.5. The van der Waals surface area contributed by atoms with E-state index in [2.05, 4.69) is 52.6 Å². The third-order valence-corrected chi connectivity index (χ3v) is 15.2. The fourth-order valence-corrected chi connectivity index (χ4v) is 11.6. The maximum absolute atomic E-state index is 6.26. The van der Waals surface area contributed by atoms with Crippen molar-refractivity contribution in [1.29, 1.82) is 0 Å². The summed E-state index contributed by atoms with van der Waals surface area (Å²) in [6.07, 6.45) is 2.77. The molecule has 8 aliphatic rings. The molecule has 0 aromatic heterocycles. The second kappa shape index (κ2) is 21.4. The zero-order chi connectivity index (χ0) is 49.8. The molecule has 4 aromatic rings. The first-order valence-corrected chi connectivity index (χ1v) is 26.6. The van der Waals surface area contributed by atoms with Gasteiger partial charge in [-0.05, 0) is 120 Å². The number of rotatable bonds is 4. The van der Waals surface area contributed by atoms with Crippen LogP contribution in [0.5, 0.6) is 23.0 Å². The molecule has 0 bridgehead atoms. The predicted octanol–water partition coefficient (Wildman–Crippen LogP) is 8.80. The lowest BCUT2D eigenvalue weighted by Crippen LogP contribution is -2.40. The van der Waals surface area contributed by atoms with E-state index in [4.69, 9.17) is 85.1 Å². The van der Waals surface area contributed by atoms with Crippen LogP contribution in [0.25, 0.3) is 0 Å². The van der Waals surface area contributed by atoms with Crippen molar-refractivity contribution >= 4 is 105 Å². The number of halogens is 4. The molecule has 8 heterocycles. The third kappa shape index (κ3) is 10.5. The van der Waals surface area contributed by atoms with Crippen LogP contribution in [0, 0.1) is 0 Å². The van der Waals surface area contributed by atoms with Crippen LogP contribution in [0.2, 0.25) is 10.0 Å². The van der Waals surface area contributed by atoms with Gasteiger partial charge < -0.3 is 61.9 Å². The Kier molecular flexibility index (Phi) is 16.0. The first kappa shape index (κ1) is 52.4. The maximum atomic E-state index is 6.26. The minimum absolute atomic E-state index is 0.0105. The van der Waals surface area contributed by atoms with E-state index < -0.39 is 12.7 Å². The lowest BCUT2D eigenvalue weighted by Gasteiger charge is -2.25. The van der Waals surface area contributed by atoms with Gasteiger partial charge in [-0.15, -0.1) is 0 Å². The summed E-state index contributed by atoms with van der Waals surface area (Å²) in [5.74, 6) is 3.41. The van der Waals surface area contributed by atoms with Gasteiger partial charge in [-0.2, -0.15) is 0 Å². The van der Waals surface area contributed by atoms with E-state index >= 15 is 0 Å². The van der Waals surface area contributed by atoms with Gasteiger partial charge in [0.25, 0.3) is 0 Å². The Morgan fingerprint density at radius 2 is 0.843 bits per heavy atom. The molecule has 0 radical (unpaired) electrons. The van der Waals surface area contributed by atoms with Crippen LogP contribution in [0.3, 0.4) is 0 Å². The number of benzene rings is 4. The molecule has 0 saturated carbocycles. The summed E-state index contributed by atoms with van der Waals surface area (Å²) in [5, 5.41) is 1.39. The topological polar surface area (TPSA) is 137 Å². The van der Waals surface area contributed by atoms with Crippen molar-refractivity contribution in [3.8, 4) is 23.0 Å². The molecule has 0 saturated heterocycles. The number of nitrogens with two attached hydrogens (primary N) is 1. The van der Waals surface area contributed by atoms with Gasteiger partial charge in [0.1, 0.15) is 49.4 Å².